The van der Waals surface area contributed by atoms with Gasteiger partial charge < -0.3 is 19.5 Å². The zero-order valence-electron chi connectivity index (χ0n) is 17.0. The van der Waals surface area contributed by atoms with Crippen LogP contribution in [0.25, 0.3) is 11.2 Å². The van der Waals surface area contributed by atoms with E-state index >= 15 is 0 Å². The van der Waals surface area contributed by atoms with Gasteiger partial charge in [-0.05, 0) is 49.1 Å². The predicted octanol–water partition coefficient (Wildman–Crippen LogP) is 4.01. The van der Waals surface area contributed by atoms with E-state index in [4.69, 9.17) is 4.74 Å². The number of fused-ring (bicyclic) bond motifs is 1. The number of amides is 2. The molecule has 4 rings (SSSR count). The molecule has 0 aliphatic carbocycles. The molecule has 3 aromatic rings. The summed E-state index contributed by atoms with van der Waals surface area (Å²) in [6.07, 6.45) is 4.51. The van der Waals surface area contributed by atoms with Crippen LogP contribution in [0.3, 0.4) is 0 Å². The fourth-order valence-corrected chi connectivity index (χ4v) is 3.94. The van der Waals surface area contributed by atoms with Crippen LogP contribution >= 0.6 is 0 Å². The number of imidazole rings is 1. The third-order valence-electron chi connectivity index (χ3n) is 5.53. The van der Waals surface area contributed by atoms with Gasteiger partial charge in [-0.2, -0.15) is 0 Å². The highest BCUT2D eigenvalue weighted by Crippen LogP contribution is 2.28. The number of aromatic nitrogens is 3. The first kappa shape index (κ1) is 19.4. The lowest BCUT2D eigenvalue weighted by molar-refractivity contribution is 0.162. The molecular weight excluding hydrogens is 366 g/mol. The number of urea groups is 1. The Labute approximate surface area is 170 Å². The second-order valence-corrected chi connectivity index (χ2v) is 7.38. The normalized spacial score (nSPS) is 15.0. The average Bonchev–Trinajstić information content (AvgIpc) is 3.12. The predicted molar refractivity (Wildman–Crippen MR) is 113 cm³/mol. The number of aryl methyl sites for hydroxylation is 1. The van der Waals surface area contributed by atoms with Gasteiger partial charge in [0.25, 0.3) is 0 Å². The number of nitrogens with zero attached hydrogens (tertiary/aromatic N) is 4. The largest absolute Gasteiger partial charge is 0.377 e. The first-order chi connectivity index (χ1) is 14.2. The molecule has 0 bridgehead atoms. The number of anilines is 1. The van der Waals surface area contributed by atoms with Crippen LogP contribution < -0.4 is 5.32 Å². The molecule has 2 aromatic heterocycles. The molecule has 1 aliphatic heterocycles. The van der Waals surface area contributed by atoms with Crippen molar-refractivity contribution in [3.05, 3.63) is 54.0 Å². The topological polar surface area (TPSA) is 72.3 Å². The molecule has 7 heteroatoms. The van der Waals surface area contributed by atoms with Crippen LogP contribution in [0.1, 0.15) is 37.2 Å². The van der Waals surface area contributed by atoms with Crippen molar-refractivity contribution in [2.45, 2.75) is 38.8 Å². The maximum atomic E-state index is 12.7. The van der Waals surface area contributed by atoms with Crippen LogP contribution in [0.4, 0.5) is 10.5 Å². The quantitative estimate of drug-likeness (QED) is 0.711. The number of hydrogen-bond acceptors (Lipinski definition) is 4. The summed E-state index contributed by atoms with van der Waals surface area (Å²) in [6.45, 7) is 3.96. The number of carbonyl (C=O) groups is 1. The monoisotopic (exact) mass is 393 g/mol. The Balaban J connectivity index is 1.43. The summed E-state index contributed by atoms with van der Waals surface area (Å²) in [5.41, 5.74) is 3.87. The van der Waals surface area contributed by atoms with Crippen LogP contribution in [0.5, 0.6) is 0 Å². The van der Waals surface area contributed by atoms with E-state index < -0.39 is 0 Å². The Kier molecular flexibility index (Phi) is 5.76. The van der Waals surface area contributed by atoms with Crippen LogP contribution in [0.15, 0.2) is 42.6 Å². The van der Waals surface area contributed by atoms with Crippen molar-refractivity contribution < 1.29 is 9.53 Å². The van der Waals surface area contributed by atoms with Gasteiger partial charge >= 0.3 is 6.03 Å². The summed E-state index contributed by atoms with van der Waals surface area (Å²) < 4.78 is 7.54. The van der Waals surface area contributed by atoms with Gasteiger partial charge in [-0.1, -0.05) is 19.1 Å². The van der Waals surface area contributed by atoms with Crippen molar-refractivity contribution in [2.75, 3.05) is 25.5 Å². The summed E-state index contributed by atoms with van der Waals surface area (Å²) in [5.74, 6) is 0.889. The summed E-state index contributed by atoms with van der Waals surface area (Å²) in [4.78, 5) is 23.8. The van der Waals surface area contributed by atoms with Crippen LogP contribution in [-0.2, 0) is 17.8 Å². The molecule has 1 aliphatic rings. The smallest absolute Gasteiger partial charge is 0.321 e. The second-order valence-electron chi connectivity index (χ2n) is 7.38. The summed E-state index contributed by atoms with van der Waals surface area (Å²) in [6, 6.07) is 12.1. The third kappa shape index (κ3) is 4.10. The van der Waals surface area contributed by atoms with Crippen molar-refractivity contribution in [1.29, 1.82) is 0 Å². The molecular formula is C22H27N5O2. The Morgan fingerprint density at radius 1 is 1.21 bits per heavy atom. The van der Waals surface area contributed by atoms with Crippen LogP contribution in [0, 0.1) is 0 Å². The molecule has 7 nitrogen and oxygen atoms in total. The lowest BCUT2D eigenvalue weighted by atomic mass is 10.0. The minimum absolute atomic E-state index is 0.0431. The number of benzene rings is 1. The van der Waals surface area contributed by atoms with Gasteiger partial charge in [-0.15, -0.1) is 0 Å². The first-order valence-electron chi connectivity index (χ1n) is 10.1. The molecule has 1 aromatic carbocycles. The van der Waals surface area contributed by atoms with E-state index in [9.17, 15) is 4.79 Å². The Morgan fingerprint density at radius 2 is 1.97 bits per heavy atom. The average molecular weight is 393 g/mol. The zero-order valence-corrected chi connectivity index (χ0v) is 17.0. The van der Waals surface area contributed by atoms with Gasteiger partial charge in [0.15, 0.2) is 5.65 Å². The molecule has 1 N–H and O–H groups in total. The number of pyridine rings is 1. The minimum atomic E-state index is -0.0431. The van der Waals surface area contributed by atoms with E-state index in [-0.39, 0.29) is 12.1 Å². The Bertz CT molecular complexity index is 975. The molecule has 152 valence electrons. The fraction of sp³-hybridized carbons (Fsp3) is 0.409. The summed E-state index contributed by atoms with van der Waals surface area (Å²) in [5, 5.41) is 3.01. The van der Waals surface area contributed by atoms with Gasteiger partial charge in [0.05, 0.1) is 0 Å². The maximum absolute atomic E-state index is 12.7. The van der Waals surface area contributed by atoms with E-state index in [0.29, 0.717) is 19.7 Å². The number of rotatable bonds is 5. The van der Waals surface area contributed by atoms with Gasteiger partial charge in [0.1, 0.15) is 17.9 Å². The van der Waals surface area contributed by atoms with E-state index in [2.05, 4.69) is 38.9 Å². The van der Waals surface area contributed by atoms with Crippen molar-refractivity contribution in [1.82, 2.24) is 19.4 Å². The van der Waals surface area contributed by atoms with Gasteiger partial charge in [-0.3, -0.25) is 0 Å². The third-order valence-corrected chi connectivity index (χ3v) is 5.53. The lowest BCUT2D eigenvalue weighted by Crippen LogP contribution is -2.41. The Hall–Kier alpha value is -2.93. The standard InChI is InChI=1S/C22H27N5O2/c1-3-16-6-8-17(9-7-16)24-22(28)26-13-10-18(11-14-26)27-20(15-29-2)25-19-5-4-12-23-21(19)27/h4-9,12,18H,3,10-11,13-15H2,1-2H3,(H,24,28). The number of piperidine rings is 1. The van der Waals surface area contributed by atoms with Gasteiger partial charge in [0, 0.05) is 38.1 Å². The van der Waals surface area contributed by atoms with Crippen LogP contribution in [0.2, 0.25) is 0 Å². The van der Waals surface area contributed by atoms with E-state index in [1.54, 1.807) is 13.3 Å². The number of ether oxygens (including phenoxy) is 1. The fourth-order valence-electron chi connectivity index (χ4n) is 3.94. The molecule has 0 spiro atoms. The van der Waals surface area contributed by atoms with E-state index in [1.165, 1.54) is 5.56 Å². The van der Waals surface area contributed by atoms with Crippen molar-refractivity contribution >= 4 is 22.9 Å². The van der Waals surface area contributed by atoms with Gasteiger partial charge in [0.2, 0.25) is 0 Å². The molecule has 29 heavy (non-hydrogen) atoms. The highest BCUT2D eigenvalue weighted by atomic mass is 16.5. The van der Waals surface area contributed by atoms with Crippen molar-refractivity contribution in [3.63, 3.8) is 0 Å². The number of likely N-dealkylation sites (tertiary alicyclic amines) is 1. The number of hydrogen-bond donors (Lipinski definition) is 1. The van der Waals surface area contributed by atoms with Gasteiger partial charge in [-0.25, -0.2) is 14.8 Å². The molecule has 0 unspecified atom stereocenters. The highest BCUT2D eigenvalue weighted by molar-refractivity contribution is 5.89. The molecule has 0 saturated carbocycles. The van der Waals surface area contributed by atoms with Crippen molar-refractivity contribution in [3.8, 4) is 0 Å². The van der Waals surface area contributed by atoms with Crippen LogP contribution in [-0.4, -0.2) is 45.7 Å². The molecule has 2 amide bonds. The molecule has 0 atom stereocenters. The number of nitrogens with one attached hydrogen (secondary N) is 1. The van der Waals surface area contributed by atoms with E-state index in [0.717, 1.165) is 41.9 Å². The summed E-state index contributed by atoms with van der Waals surface area (Å²) in [7, 11) is 1.68. The SMILES string of the molecule is CCc1ccc(NC(=O)N2CCC(n3c(COC)nc4cccnc43)CC2)cc1. The maximum Gasteiger partial charge on any atom is 0.321 e. The second kappa shape index (κ2) is 8.61. The molecule has 1 fully saturated rings. The minimum Gasteiger partial charge on any atom is -0.377 e. The molecule has 3 heterocycles. The first-order valence-corrected chi connectivity index (χ1v) is 10.1. The Morgan fingerprint density at radius 3 is 2.66 bits per heavy atom. The lowest BCUT2D eigenvalue weighted by Gasteiger charge is -2.33. The zero-order chi connectivity index (χ0) is 20.2. The molecule has 0 radical (unpaired) electrons. The number of carbonyl (C=O) groups excluding carboxylic acids is 1. The number of methoxy groups -OCH3 is 1. The summed E-state index contributed by atoms with van der Waals surface area (Å²) >= 11 is 0. The highest BCUT2D eigenvalue weighted by Gasteiger charge is 2.27. The molecule has 1 saturated heterocycles. The van der Waals surface area contributed by atoms with E-state index in [1.807, 2.05) is 29.2 Å². The van der Waals surface area contributed by atoms with Crippen molar-refractivity contribution in [2.24, 2.45) is 0 Å².